The molecule has 1 saturated heterocycles. The number of rotatable bonds is 3. The van der Waals surface area contributed by atoms with Crippen molar-refractivity contribution in [3.8, 4) is 0 Å². The molecular formula is C13H17NO4S. The lowest BCUT2D eigenvalue weighted by Gasteiger charge is -2.21. The van der Waals surface area contributed by atoms with Gasteiger partial charge in [-0.15, -0.1) is 0 Å². The van der Waals surface area contributed by atoms with Gasteiger partial charge in [0.2, 0.25) is 5.91 Å². The first kappa shape index (κ1) is 13.9. The summed E-state index contributed by atoms with van der Waals surface area (Å²) < 4.78 is 28.1. The van der Waals surface area contributed by atoms with E-state index in [2.05, 4.69) is 0 Å². The third-order valence-corrected chi connectivity index (χ3v) is 5.01. The zero-order chi connectivity index (χ0) is 14.0. The largest absolute Gasteiger partial charge is 0.462 e. The number of nitrogens with zero attached hydrogens (tertiary/aromatic N) is 1. The van der Waals surface area contributed by atoms with Gasteiger partial charge in [0.15, 0.2) is 9.84 Å². The van der Waals surface area contributed by atoms with E-state index in [9.17, 15) is 13.2 Å². The molecule has 0 N–H and O–H groups in total. The van der Waals surface area contributed by atoms with E-state index in [1.165, 1.54) is 11.0 Å². The lowest BCUT2D eigenvalue weighted by atomic mass is 10.2. The Bertz CT molecular complexity index is 600. The van der Waals surface area contributed by atoms with Gasteiger partial charge in [0.1, 0.15) is 11.5 Å². The highest BCUT2D eigenvalue weighted by atomic mass is 32.2. The molecular weight excluding hydrogens is 266 g/mol. The Kier molecular flexibility index (Phi) is 3.80. The van der Waals surface area contributed by atoms with Gasteiger partial charge in [0.25, 0.3) is 0 Å². The summed E-state index contributed by atoms with van der Waals surface area (Å²) in [6.45, 7) is 1.83. The smallest absolute Gasteiger partial charge is 0.246 e. The minimum atomic E-state index is -2.97. The van der Waals surface area contributed by atoms with Crippen LogP contribution in [-0.4, -0.2) is 43.8 Å². The predicted octanol–water partition coefficient (Wildman–Crippen LogP) is 1.25. The highest BCUT2D eigenvalue weighted by Gasteiger charge is 2.31. The molecule has 1 amide bonds. The molecule has 19 heavy (non-hydrogen) atoms. The van der Waals surface area contributed by atoms with Crippen LogP contribution in [0.15, 0.2) is 22.6 Å². The van der Waals surface area contributed by atoms with Crippen molar-refractivity contribution >= 4 is 21.8 Å². The van der Waals surface area contributed by atoms with E-state index in [1.807, 2.05) is 13.0 Å². The van der Waals surface area contributed by atoms with Gasteiger partial charge in [-0.1, -0.05) is 0 Å². The molecule has 104 valence electrons. The Balaban J connectivity index is 1.98. The number of aryl methyl sites for hydroxylation is 1. The Morgan fingerprint density at radius 1 is 1.47 bits per heavy atom. The van der Waals surface area contributed by atoms with E-state index in [0.717, 1.165) is 5.76 Å². The number of carbonyl (C=O) groups excluding carboxylic acids is 1. The maximum absolute atomic E-state index is 11.9. The first-order valence-electron chi connectivity index (χ1n) is 6.09. The van der Waals surface area contributed by atoms with Crippen molar-refractivity contribution < 1.29 is 17.6 Å². The monoisotopic (exact) mass is 283 g/mol. The summed E-state index contributed by atoms with van der Waals surface area (Å²) in [6.07, 6.45) is 3.51. The van der Waals surface area contributed by atoms with Gasteiger partial charge < -0.3 is 9.32 Å². The van der Waals surface area contributed by atoms with E-state index < -0.39 is 9.84 Å². The minimum Gasteiger partial charge on any atom is -0.462 e. The van der Waals surface area contributed by atoms with Crippen molar-refractivity contribution in [1.82, 2.24) is 4.90 Å². The molecule has 0 radical (unpaired) electrons. The molecule has 1 atom stereocenters. The summed E-state index contributed by atoms with van der Waals surface area (Å²) in [7, 11) is -1.34. The van der Waals surface area contributed by atoms with Crippen LogP contribution in [0.4, 0.5) is 0 Å². The molecule has 1 aliphatic rings. The number of furan rings is 1. The van der Waals surface area contributed by atoms with Gasteiger partial charge >= 0.3 is 0 Å². The lowest BCUT2D eigenvalue weighted by Crippen LogP contribution is -2.36. The van der Waals surface area contributed by atoms with Gasteiger partial charge in [-0.2, -0.15) is 0 Å². The van der Waals surface area contributed by atoms with E-state index >= 15 is 0 Å². The fourth-order valence-corrected chi connectivity index (χ4v) is 3.85. The lowest BCUT2D eigenvalue weighted by molar-refractivity contribution is -0.126. The molecule has 0 spiro atoms. The Morgan fingerprint density at radius 2 is 2.21 bits per heavy atom. The van der Waals surface area contributed by atoms with Crippen molar-refractivity contribution in [2.75, 3.05) is 18.6 Å². The summed E-state index contributed by atoms with van der Waals surface area (Å²) in [5.74, 6) is 1.40. The standard InChI is InChI=1S/C13H17NO4S/c1-10-3-4-12(18-10)5-6-13(15)14(2)11-7-8-19(16,17)9-11/h3-6,11H,7-9H2,1-2H3/b6-5+/t11-/m1/s1. The third kappa shape index (κ3) is 3.47. The number of carbonyl (C=O) groups is 1. The zero-order valence-corrected chi connectivity index (χ0v) is 11.8. The van der Waals surface area contributed by atoms with Crippen LogP contribution in [0.5, 0.6) is 0 Å². The molecule has 1 aromatic rings. The summed E-state index contributed by atoms with van der Waals surface area (Å²) in [6, 6.07) is 3.37. The summed E-state index contributed by atoms with van der Waals surface area (Å²) >= 11 is 0. The number of hydrogen-bond acceptors (Lipinski definition) is 4. The molecule has 0 aliphatic carbocycles. The molecule has 2 rings (SSSR count). The molecule has 1 aliphatic heterocycles. The van der Waals surface area contributed by atoms with Crippen LogP contribution in [0.1, 0.15) is 17.9 Å². The number of amides is 1. The van der Waals surface area contributed by atoms with Crippen molar-refractivity contribution in [3.05, 3.63) is 29.7 Å². The van der Waals surface area contributed by atoms with Crippen molar-refractivity contribution in [2.24, 2.45) is 0 Å². The fourth-order valence-electron chi connectivity index (χ4n) is 2.07. The summed E-state index contributed by atoms with van der Waals surface area (Å²) in [4.78, 5) is 13.4. The SMILES string of the molecule is Cc1ccc(/C=C/C(=O)N(C)[C@@H]2CCS(=O)(=O)C2)o1. The Labute approximate surface area is 112 Å². The zero-order valence-electron chi connectivity index (χ0n) is 11.0. The van der Waals surface area contributed by atoms with E-state index in [4.69, 9.17) is 4.42 Å². The number of likely N-dealkylation sites (N-methyl/N-ethyl adjacent to an activating group) is 1. The number of hydrogen-bond donors (Lipinski definition) is 0. The van der Waals surface area contributed by atoms with Gasteiger partial charge in [0.05, 0.1) is 11.5 Å². The molecule has 5 nitrogen and oxygen atoms in total. The van der Waals surface area contributed by atoms with E-state index in [-0.39, 0.29) is 23.5 Å². The van der Waals surface area contributed by atoms with Crippen LogP contribution < -0.4 is 0 Å². The average Bonchev–Trinajstić information content (AvgIpc) is 2.91. The van der Waals surface area contributed by atoms with Crippen LogP contribution >= 0.6 is 0 Å². The first-order chi connectivity index (χ1) is 8.87. The molecule has 0 aromatic carbocycles. The second-order valence-electron chi connectivity index (χ2n) is 4.79. The quantitative estimate of drug-likeness (QED) is 0.783. The van der Waals surface area contributed by atoms with E-state index in [1.54, 1.807) is 19.2 Å². The second kappa shape index (κ2) is 5.21. The second-order valence-corrected chi connectivity index (χ2v) is 7.02. The molecule has 6 heteroatoms. The molecule has 1 fully saturated rings. The van der Waals surface area contributed by atoms with Gasteiger partial charge in [0, 0.05) is 19.2 Å². The molecule has 2 heterocycles. The van der Waals surface area contributed by atoms with E-state index in [0.29, 0.717) is 12.2 Å². The Hall–Kier alpha value is -1.56. The highest BCUT2D eigenvalue weighted by molar-refractivity contribution is 7.91. The molecule has 1 aromatic heterocycles. The van der Waals surface area contributed by atoms with Crippen LogP contribution in [0.2, 0.25) is 0 Å². The highest BCUT2D eigenvalue weighted by Crippen LogP contribution is 2.17. The topological polar surface area (TPSA) is 67.6 Å². The van der Waals surface area contributed by atoms with Gasteiger partial charge in [-0.25, -0.2) is 8.42 Å². The minimum absolute atomic E-state index is 0.0585. The van der Waals surface area contributed by atoms with Gasteiger partial charge in [-0.05, 0) is 31.6 Å². The van der Waals surface area contributed by atoms with Crippen molar-refractivity contribution in [2.45, 2.75) is 19.4 Å². The summed E-state index contributed by atoms with van der Waals surface area (Å²) in [5, 5.41) is 0. The maximum atomic E-state index is 11.9. The van der Waals surface area contributed by atoms with Crippen LogP contribution in [-0.2, 0) is 14.6 Å². The molecule has 0 saturated carbocycles. The Morgan fingerprint density at radius 3 is 2.74 bits per heavy atom. The van der Waals surface area contributed by atoms with Crippen LogP contribution in [0, 0.1) is 6.92 Å². The summed E-state index contributed by atoms with van der Waals surface area (Å²) in [5.41, 5.74) is 0. The predicted molar refractivity (Wildman–Crippen MR) is 72.3 cm³/mol. The molecule has 0 unspecified atom stereocenters. The average molecular weight is 283 g/mol. The van der Waals surface area contributed by atoms with Crippen molar-refractivity contribution in [1.29, 1.82) is 0 Å². The maximum Gasteiger partial charge on any atom is 0.246 e. The molecule has 0 bridgehead atoms. The van der Waals surface area contributed by atoms with Crippen LogP contribution in [0.3, 0.4) is 0 Å². The normalized spacial score (nSPS) is 21.9. The van der Waals surface area contributed by atoms with Gasteiger partial charge in [-0.3, -0.25) is 4.79 Å². The first-order valence-corrected chi connectivity index (χ1v) is 7.91. The fraction of sp³-hybridized carbons (Fsp3) is 0.462. The van der Waals surface area contributed by atoms with Crippen LogP contribution in [0.25, 0.3) is 6.08 Å². The third-order valence-electron chi connectivity index (χ3n) is 3.26. The van der Waals surface area contributed by atoms with Crippen molar-refractivity contribution in [3.63, 3.8) is 0 Å². The number of sulfone groups is 1.